The number of benzene rings is 1. The Labute approximate surface area is 133 Å². The molecular formula is C13H20BrN3O3S. The molecule has 1 heterocycles. The van der Waals surface area contributed by atoms with Crippen molar-refractivity contribution in [2.45, 2.75) is 11.4 Å². The smallest absolute Gasteiger partial charge is 0.241 e. The molecule has 1 saturated heterocycles. The first-order valence-electron chi connectivity index (χ1n) is 6.81. The highest BCUT2D eigenvalue weighted by Crippen LogP contribution is 2.22. The molecule has 8 heteroatoms. The third-order valence-corrected chi connectivity index (χ3v) is 5.78. The lowest BCUT2D eigenvalue weighted by Crippen LogP contribution is -2.41. The Morgan fingerprint density at radius 2 is 2.05 bits per heavy atom. The minimum Gasteiger partial charge on any atom is -0.379 e. The average Bonchev–Trinajstić information content (AvgIpc) is 2.47. The van der Waals surface area contributed by atoms with Crippen LogP contribution in [0.4, 0.5) is 0 Å². The predicted molar refractivity (Wildman–Crippen MR) is 84.5 cm³/mol. The van der Waals surface area contributed by atoms with Gasteiger partial charge in [-0.25, -0.2) is 13.1 Å². The van der Waals surface area contributed by atoms with Crippen LogP contribution in [0.5, 0.6) is 0 Å². The summed E-state index contributed by atoms with van der Waals surface area (Å²) in [6.07, 6.45) is 0. The number of sulfonamides is 1. The van der Waals surface area contributed by atoms with Crippen molar-refractivity contribution in [3.63, 3.8) is 0 Å². The third kappa shape index (κ3) is 4.73. The van der Waals surface area contributed by atoms with E-state index in [2.05, 4.69) is 25.6 Å². The zero-order chi connectivity index (χ0) is 15.3. The van der Waals surface area contributed by atoms with E-state index in [9.17, 15) is 8.42 Å². The van der Waals surface area contributed by atoms with Crippen molar-refractivity contribution in [1.29, 1.82) is 0 Å². The number of nitrogens with one attached hydrogen (secondary N) is 1. The van der Waals surface area contributed by atoms with E-state index in [1.807, 2.05) is 0 Å². The van der Waals surface area contributed by atoms with E-state index < -0.39 is 10.0 Å². The van der Waals surface area contributed by atoms with Gasteiger partial charge in [0.2, 0.25) is 10.0 Å². The maximum absolute atomic E-state index is 12.3. The average molecular weight is 378 g/mol. The van der Waals surface area contributed by atoms with Crippen LogP contribution in [0.3, 0.4) is 0 Å². The van der Waals surface area contributed by atoms with Crippen LogP contribution in [0.15, 0.2) is 27.6 Å². The molecular weight excluding hydrogens is 358 g/mol. The molecule has 1 aromatic rings. The maximum Gasteiger partial charge on any atom is 0.241 e. The number of halogens is 1. The molecule has 0 bridgehead atoms. The van der Waals surface area contributed by atoms with Gasteiger partial charge >= 0.3 is 0 Å². The van der Waals surface area contributed by atoms with Gasteiger partial charge in [-0.1, -0.05) is 6.07 Å². The summed E-state index contributed by atoms with van der Waals surface area (Å²) in [7, 11) is -3.51. The Balaban J connectivity index is 1.94. The number of nitrogens with two attached hydrogens (primary N) is 1. The highest BCUT2D eigenvalue weighted by Gasteiger charge is 2.18. The number of morpholine rings is 1. The summed E-state index contributed by atoms with van der Waals surface area (Å²) in [5.74, 6) is 0. The molecule has 118 valence electrons. The summed E-state index contributed by atoms with van der Waals surface area (Å²) >= 11 is 3.29. The third-order valence-electron chi connectivity index (χ3n) is 3.35. The summed E-state index contributed by atoms with van der Waals surface area (Å²) in [5.41, 5.74) is 6.42. The fourth-order valence-corrected chi connectivity index (χ4v) is 4.27. The lowest BCUT2D eigenvalue weighted by molar-refractivity contribution is 0.0390. The molecule has 1 aliphatic rings. The molecule has 6 nitrogen and oxygen atoms in total. The number of ether oxygens (including phenoxy) is 1. The summed E-state index contributed by atoms with van der Waals surface area (Å²) in [6.45, 7) is 4.54. The molecule has 0 aliphatic carbocycles. The van der Waals surface area contributed by atoms with Gasteiger partial charge in [-0.2, -0.15) is 0 Å². The fourth-order valence-electron chi connectivity index (χ4n) is 2.13. The quantitative estimate of drug-likeness (QED) is 0.754. The standard InChI is InChI=1S/C13H20BrN3O3S/c14-12-9-11(10-15)1-2-13(12)21(18,19)16-3-4-17-5-7-20-8-6-17/h1-2,9,16H,3-8,10,15H2. The molecule has 0 radical (unpaired) electrons. The van der Waals surface area contributed by atoms with Crippen molar-refractivity contribution >= 4 is 26.0 Å². The lowest BCUT2D eigenvalue weighted by Gasteiger charge is -2.26. The van der Waals surface area contributed by atoms with Gasteiger partial charge in [-0.15, -0.1) is 0 Å². The molecule has 2 rings (SSSR count). The summed E-state index contributed by atoms with van der Waals surface area (Å²) in [4.78, 5) is 2.42. The van der Waals surface area contributed by atoms with Gasteiger partial charge in [0.25, 0.3) is 0 Å². The van der Waals surface area contributed by atoms with Gasteiger partial charge in [0.15, 0.2) is 0 Å². The van der Waals surface area contributed by atoms with Gasteiger partial charge in [0.05, 0.1) is 18.1 Å². The molecule has 0 unspecified atom stereocenters. The topological polar surface area (TPSA) is 84.7 Å². The normalized spacial score (nSPS) is 17.0. The Morgan fingerprint density at radius 1 is 1.33 bits per heavy atom. The minimum atomic E-state index is -3.51. The van der Waals surface area contributed by atoms with Crippen molar-refractivity contribution in [2.75, 3.05) is 39.4 Å². The number of rotatable bonds is 6. The van der Waals surface area contributed by atoms with E-state index in [0.29, 0.717) is 37.3 Å². The van der Waals surface area contributed by atoms with Crippen LogP contribution in [0.1, 0.15) is 5.56 Å². The fraction of sp³-hybridized carbons (Fsp3) is 0.538. The molecule has 1 aromatic carbocycles. The Bertz CT molecular complexity index is 574. The molecule has 0 amide bonds. The van der Waals surface area contributed by atoms with Crippen molar-refractivity contribution in [3.05, 3.63) is 28.2 Å². The zero-order valence-corrected chi connectivity index (χ0v) is 14.1. The van der Waals surface area contributed by atoms with E-state index in [4.69, 9.17) is 10.5 Å². The van der Waals surface area contributed by atoms with Gasteiger partial charge in [0.1, 0.15) is 0 Å². The van der Waals surface area contributed by atoms with Crippen molar-refractivity contribution in [3.8, 4) is 0 Å². The van der Waals surface area contributed by atoms with E-state index in [-0.39, 0.29) is 4.90 Å². The van der Waals surface area contributed by atoms with Crippen molar-refractivity contribution in [1.82, 2.24) is 9.62 Å². The second-order valence-corrected chi connectivity index (χ2v) is 7.41. The van der Waals surface area contributed by atoms with E-state index >= 15 is 0 Å². The van der Waals surface area contributed by atoms with Crippen LogP contribution in [0.25, 0.3) is 0 Å². The number of hydrogen-bond donors (Lipinski definition) is 2. The maximum atomic E-state index is 12.3. The van der Waals surface area contributed by atoms with Crippen LogP contribution >= 0.6 is 15.9 Å². The molecule has 0 aromatic heterocycles. The molecule has 0 saturated carbocycles. The zero-order valence-electron chi connectivity index (χ0n) is 11.7. The summed E-state index contributed by atoms with van der Waals surface area (Å²) in [5, 5.41) is 0. The highest BCUT2D eigenvalue weighted by atomic mass is 79.9. The van der Waals surface area contributed by atoms with Crippen molar-refractivity contribution in [2.24, 2.45) is 5.73 Å². The number of nitrogens with zero attached hydrogens (tertiary/aromatic N) is 1. The van der Waals surface area contributed by atoms with Gasteiger partial charge in [-0.3, -0.25) is 4.90 Å². The van der Waals surface area contributed by atoms with Crippen LogP contribution in [-0.2, 0) is 21.3 Å². The van der Waals surface area contributed by atoms with Gasteiger partial charge in [-0.05, 0) is 33.6 Å². The largest absolute Gasteiger partial charge is 0.379 e. The van der Waals surface area contributed by atoms with Crippen LogP contribution in [0, 0.1) is 0 Å². The molecule has 3 N–H and O–H groups in total. The Hall–Kier alpha value is -0.510. The summed E-state index contributed by atoms with van der Waals surface area (Å²) < 4.78 is 33.0. The first-order chi connectivity index (χ1) is 10.0. The van der Waals surface area contributed by atoms with Crippen LogP contribution in [-0.4, -0.2) is 52.7 Å². The Morgan fingerprint density at radius 3 is 2.67 bits per heavy atom. The molecule has 1 fully saturated rings. The van der Waals surface area contributed by atoms with E-state index in [0.717, 1.165) is 18.7 Å². The molecule has 0 atom stereocenters. The molecule has 0 spiro atoms. The molecule has 21 heavy (non-hydrogen) atoms. The lowest BCUT2D eigenvalue weighted by atomic mass is 10.2. The van der Waals surface area contributed by atoms with Crippen LogP contribution < -0.4 is 10.5 Å². The summed E-state index contributed by atoms with van der Waals surface area (Å²) in [6, 6.07) is 5.03. The van der Waals surface area contributed by atoms with Crippen LogP contribution in [0.2, 0.25) is 0 Å². The first kappa shape index (κ1) is 16.9. The minimum absolute atomic E-state index is 0.238. The second kappa shape index (κ2) is 7.66. The van der Waals surface area contributed by atoms with E-state index in [1.165, 1.54) is 0 Å². The number of hydrogen-bond acceptors (Lipinski definition) is 5. The SMILES string of the molecule is NCc1ccc(S(=O)(=O)NCCN2CCOCC2)c(Br)c1. The van der Waals surface area contributed by atoms with E-state index in [1.54, 1.807) is 18.2 Å². The Kier molecular flexibility index (Phi) is 6.15. The van der Waals surface area contributed by atoms with Gasteiger partial charge in [0, 0.05) is 37.2 Å². The second-order valence-electron chi connectivity index (χ2n) is 4.82. The van der Waals surface area contributed by atoms with Crippen molar-refractivity contribution < 1.29 is 13.2 Å². The first-order valence-corrected chi connectivity index (χ1v) is 9.09. The highest BCUT2D eigenvalue weighted by molar-refractivity contribution is 9.10. The van der Waals surface area contributed by atoms with Gasteiger partial charge < -0.3 is 10.5 Å². The monoisotopic (exact) mass is 377 g/mol. The molecule has 1 aliphatic heterocycles. The predicted octanol–water partition coefficient (Wildman–Crippen LogP) is 0.518.